The van der Waals surface area contributed by atoms with Crippen LogP contribution >= 0.6 is 12.4 Å². The highest BCUT2D eigenvalue weighted by atomic mass is 35.5. The van der Waals surface area contributed by atoms with E-state index in [1.165, 1.54) is 28.7 Å². The standard InChI is InChI=1S/C19H21N.ClH/c1-20(2)13-12-18-17-11-7-6-10-16(17)14-19(18)15-8-4-3-5-9-15;/h3-11,14,18H,12-13H2,1-2H3;1H. The predicted molar refractivity (Wildman–Crippen MR) is 93.9 cm³/mol. The number of hydrogen-bond donors (Lipinski definition) is 0. The summed E-state index contributed by atoms with van der Waals surface area (Å²) in [4.78, 5) is 2.27. The first-order chi connectivity index (χ1) is 9.75. The zero-order chi connectivity index (χ0) is 13.9. The summed E-state index contributed by atoms with van der Waals surface area (Å²) in [5, 5.41) is 0. The molecule has 21 heavy (non-hydrogen) atoms. The first-order valence-corrected chi connectivity index (χ1v) is 7.26. The van der Waals surface area contributed by atoms with Crippen molar-refractivity contribution in [2.75, 3.05) is 20.6 Å². The van der Waals surface area contributed by atoms with Gasteiger partial charge in [0.05, 0.1) is 0 Å². The molecule has 0 N–H and O–H groups in total. The number of halogens is 1. The molecule has 0 fully saturated rings. The molecule has 3 rings (SSSR count). The van der Waals surface area contributed by atoms with Gasteiger partial charge in [-0.15, -0.1) is 12.4 Å². The van der Waals surface area contributed by atoms with Gasteiger partial charge in [0.2, 0.25) is 0 Å². The Balaban J connectivity index is 0.00000161. The maximum absolute atomic E-state index is 2.37. The fraction of sp³-hybridized carbons (Fsp3) is 0.263. The fourth-order valence-electron chi connectivity index (χ4n) is 3.01. The first-order valence-electron chi connectivity index (χ1n) is 7.26. The third kappa shape index (κ3) is 3.37. The van der Waals surface area contributed by atoms with E-state index in [0.29, 0.717) is 5.92 Å². The van der Waals surface area contributed by atoms with E-state index in [0.717, 1.165) is 6.54 Å². The molecule has 1 nitrogen and oxygen atoms in total. The number of allylic oxidation sites excluding steroid dienone is 1. The Morgan fingerprint density at radius 1 is 0.905 bits per heavy atom. The van der Waals surface area contributed by atoms with Crippen LogP contribution in [0.25, 0.3) is 11.6 Å². The largest absolute Gasteiger partial charge is 0.309 e. The minimum atomic E-state index is 0. The first kappa shape index (κ1) is 15.8. The zero-order valence-corrected chi connectivity index (χ0v) is 13.4. The summed E-state index contributed by atoms with van der Waals surface area (Å²) in [6.45, 7) is 1.11. The van der Waals surface area contributed by atoms with E-state index >= 15 is 0 Å². The Labute approximate surface area is 133 Å². The van der Waals surface area contributed by atoms with Gasteiger partial charge >= 0.3 is 0 Å². The van der Waals surface area contributed by atoms with Crippen molar-refractivity contribution in [1.29, 1.82) is 0 Å². The van der Waals surface area contributed by atoms with Crippen LogP contribution in [-0.2, 0) is 0 Å². The molecule has 1 aliphatic rings. The highest BCUT2D eigenvalue weighted by molar-refractivity contribution is 5.91. The molecule has 1 atom stereocenters. The second kappa shape index (κ2) is 6.93. The van der Waals surface area contributed by atoms with Crippen LogP contribution in [0.2, 0.25) is 0 Å². The lowest BCUT2D eigenvalue weighted by Gasteiger charge is -2.19. The van der Waals surface area contributed by atoms with Crippen molar-refractivity contribution in [3.05, 3.63) is 71.3 Å². The van der Waals surface area contributed by atoms with Crippen molar-refractivity contribution >= 4 is 24.1 Å². The molecule has 0 saturated carbocycles. The Morgan fingerprint density at radius 3 is 2.29 bits per heavy atom. The molecule has 0 bridgehead atoms. The van der Waals surface area contributed by atoms with E-state index < -0.39 is 0 Å². The van der Waals surface area contributed by atoms with Crippen LogP contribution in [-0.4, -0.2) is 25.5 Å². The second-order valence-corrected chi connectivity index (χ2v) is 5.74. The number of rotatable bonds is 4. The van der Waals surface area contributed by atoms with Crippen molar-refractivity contribution in [2.45, 2.75) is 12.3 Å². The molecule has 0 spiro atoms. The van der Waals surface area contributed by atoms with Gasteiger partial charge in [0.15, 0.2) is 0 Å². The van der Waals surface area contributed by atoms with E-state index in [2.05, 4.69) is 79.7 Å². The highest BCUT2D eigenvalue weighted by Gasteiger charge is 2.25. The quantitative estimate of drug-likeness (QED) is 0.791. The van der Waals surface area contributed by atoms with Crippen LogP contribution in [0.5, 0.6) is 0 Å². The van der Waals surface area contributed by atoms with Gasteiger partial charge in [0.25, 0.3) is 0 Å². The Kier molecular flexibility index (Phi) is 5.22. The van der Waals surface area contributed by atoms with Crippen LogP contribution < -0.4 is 0 Å². The van der Waals surface area contributed by atoms with Crippen molar-refractivity contribution in [3.63, 3.8) is 0 Å². The summed E-state index contributed by atoms with van der Waals surface area (Å²) in [6.07, 6.45) is 3.54. The van der Waals surface area contributed by atoms with Crippen LogP contribution in [0.4, 0.5) is 0 Å². The maximum Gasteiger partial charge on any atom is 0.0114 e. The molecule has 1 aliphatic carbocycles. The molecule has 1 unspecified atom stereocenters. The molecule has 0 aliphatic heterocycles. The number of fused-ring (bicyclic) bond motifs is 1. The summed E-state index contributed by atoms with van der Waals surface area (Å²) in [6, 6.07) is 19.6. The Morgan fingerprint density at radius 2 is 1.57 bits per heavy atom. The normalized spacial score (nSPS) is 16.3. The molecule has 0 amide bonds. The van der Waals surface area contributed by atoms with Crippen LogP contribution in [0.15, 0.2) is 54.6 Å². The van der Waals surface area contributed by atoms with Crippen molar-refractivity contribution < 1.29 is 0 Å². The Hall–Kier alpha value is -1.57. The average Bonchev–Trinajstić information content (AvgIpc) is 2.84. The van der Waals surface area contributed by atoms with Crippen molar-refractivity contribution in [1.82, 2.24) is 4.90 Å². The van der Waals surface area contributed by atoms with Crippen LogP contribution in [0.1, 0.15) is 29.0 Å². The van der Waals surface area contributed by atoms with Gasteiger partial charge in [0.1, 0.15) is 0 Å². The van der Waals surface area contributed by atoms with Gasteiger partial charge in [-0.3, -0.25) is 0 Å². The van der Waals surface area contributed by atoms with Crippen molar-refractivity contribution in [2.24, 2.45) is 0 Å². The fourth-order valence-corrected chi connectivity index (χ4v) is 3.01. The third-order valence-electron chi connectivity index (χ3n) is 4.03. The van der Waals surface area contributed by atoms with Gasteiger partial charge in [0, 0.05) is 5.92 Å². The van der Waals surface area contributed by atoms with Gasteiger partial charge in [-0.1, -0.05) is 60.7 Å². The van der Waals surface area contributed by atoms with E-state index in [-0.39, 0.29) is 12.4 Å². The van der Waals surface area contributed by atoms with Crippen LogP contribution in [0, 0.1) is 0 Å². The summed E-state index contributed by atoms with van der Waals surface area (Å²) in [7, 11) is 4.29. The number of nitrogens with zero attached hydrogens (tertiary/aromatic N) is 1. The predicted octanol–water partition coefficient (Wildman–Crippen LogP) is 4.70. The zero-order valence-electron chi connectivity index (χ0n) is 12.6. The molecule has 2 heteroatoms. The minimum absolute atomic E-state index is 0. The van der Waals surface area contributed by atoms with Crippen molar-refractivity contribution in [3.8, 4) is 0 Å². The van der Waals surface area contributed by atoms with Gasteiger partial charge in [-0.05, 0) is 49.3 Å². The van der Waals surface area contributed by atoms with E-state index in [9.17, 15) is 0 Å². The van der Waals surface area contributed by atoms with E-state index in [1.54, 1.807) is 0 Å². The lowest BCUT2D eigenvalue weighted by Crippen LogP contribution is -2.16. The summed E-state index contributed by atoms with van der Waals surface area (Å²) in [5.41, 5.74) is 5.68. The SMILES string of the molecule is CN(C)CCC1C(c2ccccc2)=Cc2ccccc21.Cl. The smallest absolute Gasteiger partial charge is 0.0114 e. The second-order valence-electron chi connectivity index (χ2n) is 5.74. The summed E-state index contributed by atoms with van der Waals surface area (Å²) in [5.74, 6) is 0.524. The average molecular weight is 300 g/mol. The van der Waals surface area contributed by atoms with Gasteiger partial charge in [-0.2, -0.15) is 0 Å². The molecule has 0 aromatic heterocycles. The van der Waals surface area contributed by atoms with Gasteiger partial charge < -0.3 is 4.90 Å². The number of hydrogen-bond acceptors (Lipinski definition) is 1. The van der Waals surface area contributed by atoms with Crippen LogP contribution in [0.3, 0.4) is 0 Å². The van der Waals surface area contributed by atoms with E-state index in [1.807, 2.05) is 0 Å². The molecule has 2 aromatic carbocycles. The number of benzene rings is 2. The lowest BCUT2D eigenvalue weighted by molar-refractivity contribution is 0.394. The highest BCUT2D eigenvalue weighted by Crippen LogP contribution is 2.43. The molecule has 2 aromatic rings. The molecular formula is C19H22ClN. The third-order valence-corrected chi connectivity index (χ3v) is 4.03. The summed E-state index contributed by atoms with van der Waals surface area (Å²) >= 11 is 0. The molecule has 0 radical (unpaired) electrons. The Bertz CT molecular complexity index is 616. The molecule has 0 heterocycles. The van der Waals surface area contributed by atoms with E-state index in [4.69, 9.17) is 0 Å². The summed E-state index contributed by atoms with van der Waals surface area (Å²) < 4.78 is 0. The minimum Gasteiger partial charge on any atom is -0.309 e. The monoisotopic (exact) mass is 299 g/mol. The topological polar surface area (TPSA) is 3.24 Å². The molecule has 110 valence electrons. The molecule has 0 saturated heterocycles. The maximum atomic E-state index is 2.37. The van der Waals surface area contributed by atoms with Gasteiger partial charge in [-0.25, -0.2) is 0 Å². The lowest BCUT2D eigenvalue weighted by atomic mass is 9.88. The molecular weight excluding hydrogens is 278 g/mol.